The van der Waals surface area contributed by atoms with Gasteiger partial charge in [0, 0.05) is 26.7 Å². The molecule has 4 heteroatoms. The van der Waals surface area contributed by atoms with E-state index < -0.39 is 5.79 Å². The minimum Gasteiger partial charge on any atom is -0.296 e. The number of hydrogen-bond acceptors (Lipinski definition) is 4. The number of hydrazine groups is 1. The zero-order valence-corrected chi connectivity index (χ0v) is 9.86. The molecule has 4 nitrogen and oxygen atoms in total. The van der Waals surface area contributed by atoms with Crippen LogP contribution < -0.4 is 11.1 Å². The van der Waals surface area contributed by atoms with Gasteiger partial charge in [0.05, 0.1) is 0 Å². The molecule has 0 aliphatic heterocycles. The summed E-state index contributed by atoms with van der Waals surface area (Å²) in [5.74, 6) is -0.676. The fourth-order valence-corrected chi connectivity index (χ4v) is 1.50. The van der Waals surface area contributed by atoms with Gasteiger partial charge < -0.3 is 0 Å². The first kappa shape index (κ1) is 12.1. The fraction of sp³-hybridized carbons (Fsp3) is 0.455. The molecule has 0 aliphatic carbocycles. The standard InChI is InChI=1S/C11H20N4/c1-13-11(12,15(4)14(2)3)10-8-6-5-7-9-10/h5-9,13H,12H2,1-4H3. The number of nitrogens with one attached hydrogen (secondary N) is 1. The van der Waals surface area contributed by atoms with Crippen molar-refractivity contribution in [2.45, 2.75) is 5.79 Å². The first-order chi connectivity index (χ1) is 7.02. The molecule has 0 saturated carbocycles. The first-order valence-electron chi connectivity index (χ1n) is 4.96. The van der Waals surface area contributed by atoms with Gasteiger partial charge in [-0.25, -0.2) is 10.0 Å². The Kier molecular flexibility index (Phi) is 3.82. The number of nitrogens with two attached hydrogens (primary N) is 1. The molecule has 0 amide bonds. The van der Waals surface area contributed by atoms with Crippen molar-refractivity contribution in [1.82, 2.24) is 15.3 Å². The molecule has 3 N–H and O–H groups in total. The second-order valence-electron chi connectivity index (χ2n) is 3.75. The predicted octanol–water partition coefficient (Wildman–Crippen LogP) is 0.383. The number of rotatable bonds is 4. The summed E-state index contributed by atoms with van der Waals surface area (Å²) in [6, 6.07) is 9.97. The van der Waals surface area contributed by atoms with Crippen molar-refractivity contribution in [3.8, 4) is 0 Å². The summed E-state index contributed by atoms with van der Waals surface area (Å²) >= 11 is 0. The normalized spacial score (nSPS) is 15.7. The lowest BCUT2D eigenvalue weighted by Gasteiger charge is -2.41. The lowest BCUT2D eigenvalue weighted by atomic mass is 10.1. The molecule has 0 aromatic heterocycles. The summed E-state index contributed by atoms with van der Waals surface area (Å²) in [5, 5.41) is 7.03. The molecule has 0 bridgehead atoms. The molecule has 1 rings (SSSR count). The summed E-state index contributed by atoms with van der Waals surface area (Å²) in [6.45, 7) is 0. The minimum atomic E-state index is -0.676. The van der Waals surface area contributed by atoms with Gasteiger partial charge in [0.25, 0.3) is 0 Å². The Bertz CT molecular complexity index is 299. The van der Waals surface area contributed by atoms with Gasteiger partial charge in [-0.1, -0.05) is 30.3 Å². The highest BCUT2D eigenvalue weighted by Gasteiger charge is 2.31. The minimum absolute atomic E-state index is 0.676. The smallest absolute Gasteiger partial charge is 0.162 e. The molecule has 1 aromatic rings. The van der Waals surface area contributed by atoms with Crippen molar-refractivity contribution < 1.29 is 0 Å². The van der Waals surface area contributed by atoms with Crippen LogP contribution >= 0.6 is 0 Å². The molecule has 0 fully saturated rings. The summed E-state index contributed by atoms with van der Waals surface area (Å²) in [5.41, 5.74) is 7.37. The van der Waals surface area contributed by atoms with Crippen LogP contribution in [0, 0.1) is 0 Å². The van der Waals surface area contributed by atoms with Crippen LogP contribution in [0.5, 0.6) is 0 Å². The molecule has 0 heterocycles. The van der Waals surface area contributed by atoms with Gasteiger partial charge in [-0.3, -0.25) is 11.1 Å². The van der Waals surface area contributed by atoms with Gasteiger partial charge >= 0.3 is 0 Å². The second kappa shape index (κ2) is 4.72. The quantitative estimate of drug-likeness (QED) is 0.555. The Morgan fingerprint density at radius 2 is 1.67 bits per heavy atom. The third kappa shape index (κ3) is 2.35. The van der Waals surface area contributed by atoms with Gasteiger partial charge in [-0.2, -0.15) is 0 Å². The van der Waals surface area contributed by atoms with E-state index in [0.29, 0.717) is 0 Å². The van der Waals surface area contributed by atoms with E-state index in [1.165, 1.54) is 0 Å². The largest absolute Gasteiger partial charge is 0.296 e. The average Bonchev–Trinajstić information content (AvgIpc) is 2.28. The lowest BCUT2D eigenvalue weighted by molar-refractivity contribution is -0.0713. The molecule has 0 aliphatic rings. The van der Waals surface area contributed by atoms with E-state index in [-0.39, 0.29) is 0 Å². The van der Waals surface area contributed by atoms with Crippen LogP contribution in [0.15, 0.2) is 30.3 Å². The van der Waals surface area contributed by atoms with Crippen molar-refractivity contribution in [2.24, 2.45) is 5.73 Å². The van der Waals surface area contributed by atoms with Gasteiger partial charge in [0.15, 0.2) is 5.79 Å². The molecular weight excluding hydrogens is 188 g/mol. The monoisotopic (exact) mass is 208 g/mol. The van der Waals surface area contributed by atoms with E-state index in [0.717, 1.165) is 5.56 Å². The van der Waals surface area contributed by atoms with Crippen molar-refractivity contribution in [3.05, 3.63) is 35.9 Å². The van der Waals surface area contributed by atoms with E-state index in [1.54, 1.807) is 0 Å². The maximum Gasteiger partial charge on any atom is 0.162 e. The van der Waals surface area contributed by atoms with E-state index in [1.807, 2.05) is 68.5 Å². The van der Waals surface area contributed by atoms with E-state index in [2.05, 4.69) is 5.32 Å². The summed E-state index contributed by atoms with van der Waals surface area (Å²) in [4.78, 5) is 0. The van der Waals surface area contributed by atoms with Crippen molar-refractivity contribution in [2.75, 3.05) is 28.2 Å². The number of benzene rings is 1. The average molecular weight is 208 g/mol. The molecule has 15 heavy (non-hydrogen) atoms. The molecule has 1 atom stereocenters. The molecule has 0 spiro atoms. The van der Waals surface area contributed by atoms with Gasteiger partial charge in [-0.05, 0) is 7.05 Å². The van der Waals surface area contributed by atoms with Crippen LogP contribution in [0.4, 0.5) is 0 Å². The predicted molar refractivity (Wildman–Crippen MR) is 62.8 cm³/mol. The van der Waals surface area contributed by atoms with Crippen molar-refractivity contribution in [3.63, 3.8) is 0 Å². The van der Waals surface area contributed by atoms with Crippen LogP contribution in [0.2, 0.25) is 0 Å². The van der Waals surface area contributed by atoms with Crippen molar-refractivity contribution in [1.29, 1.82) is 0 Å². The molecular formula is C11H20N4. The zero-order valence-electron chi connectivity index (χ0n) is 9.86. The summed E-state index contributed by atoms with van der Waals surface area (Å²) in [7, 11) is 7.72. The third-order valence-electron chi connectivity index (χ3n) is 2.71. The Morgan fingerprint density at radius 1 is 1.13 bits per heavy atom. The van der Waals surface area contributed by atoms with Gasteiger partial charge in [0.1, 0.15) is 0 Å². The van der Waals surface area contributed by atoms with Gasteiger partial charge in [-0.15, -0.1) is 0 Å². The Hall–Kier alpha value is -0.940. The molecule has 1 aromatic carbocycles. The maximum atomic E-state index is 6.34. The van der Waals surface area contributed by atoms with Crippen LogP contribution in [0.3, 0.4) is 0 Å². The Balaban J connectivity index is 3.05. The molecule has 0 radical (unpaired) electrons. The fourth-order valence-electron chi connectivity index (χ4n) is 1.50. The Morgan fingerprint density at radius 3 is 2.07 bits per heavy atom. The molecule has 0 saturated heterocycles. The second-order valence-corrected chi connectivity index (χ2v) is 3.75. The van der Waals surface area contributed by atoms with Crippen molar-refractivity contribution >= 4 is 0 Å². The maximum absolute atomic E-state index is 6.34. The highest BCUT2D eigenvalue weighted by Crippen LogP contribution is 2.18. The van der Waals surface area contributed by atoms with E-state index in [4.69, 9.17) is 5.73 Å². The molecule has 1 unspecified atom stereocenters. The highest BCUT2D eigenvalue weighted by molar-refractivity contribution is 5.22. The topological polar surface area (TPSA) is 44.5 Å². The zero-order chi connectivity index (χ0) is 11.5. The van der Waals surface area contributed by atoms with Crippen LogP contribution in [-0.4, -0.2) is 38.2 Å². The lowest BCUT2D eigenvalue weighted by Crippen LogP contribution is -2.63. The number of nitrogens with zero attached hydrogens (tertiary/aromatic N) is 2. The number of hydrogen-bond donors (Lipinski definition) is 2. The van der Waals surface area contributed by atoms with Crippen LogP contribution in [0.25, 0.3) is 0 Å². The molecule has 84 valence electrons. The van der Waals surface area contributed by atoms with Crippen LogP contribution in [0.1, 0.15) is 5.56 Å². The highest BCUT2D eigenvalue weighted by atomic mass is 15.7. The van der Waals surface area contributed by atoms with Gasteiger partial charge in [0.2, 0.25) is 0 Å². The first-order valence-corrected chi connectivity index (χ1v) is 4.96. The van der Waals surface area contributed by atoms with E-state index >= 15 is 0 Å². The van der Waals surface area contributed by atoms with Crippen LogP contribution in [-0.2, 0) is 5.79 Å². The van der Waals surface area contributed by atoms with E-state index in [9.17, 15) is 0 Å². The SMILES string of the molecule is CNC(N)(c1ccccc1)N(C)N(C)C. The summed E-state index contributed by atoms with van der Waals surface area (Å²) < 4.78 is 0. The Labute approximate surface area is 91.6 Å². The summed E-state index contributed by atoms with van der Waals surface area (Å²) in [6.07, 6.45) is 0. The third-order valence-corrected chi connectivity index (χ3v) is 2.71.